The summed E-state index contributed by atoms with van der Waals surface area (Å²) in [5.74, 6) is -0.211. The van der Waals surface area contributed by atoms with Crippen LogP contribution in [0.1, 0.15) is 32.9 Å². The Bertz CT molecular complexity index is 423. The molecule has 0 saturated heterocycles. The molecular weight excluding hydrogens is 280 g/mol. The second-order valence-corrected chi connectivity index (χ2v) is 7.29. The molecule has 0 saturated carbocycles. The van der Waals surface area contributed by atoms with Gasteiger partial charge >= 0.3 is 5.97 Å². The summed E-state index contributed by atoms with van der Waals surface area (Å²) in [7, 11) is 1.43. The van der Waals surface area contributed by atoms with Gasteiger partial charge in [0.1, 0.15) is 9.88 Å². The van der Waals surface area contributed by atoms with Crippen LogP contribution in [0, 0.1) is 6.92 Å². The number of thiazole rings is 1. The molecule has 1 N–H and O–H groups in total. The molecular formula is C13H22N2O2S2. The van der Waals surface area contributed by atoms with Crippen LogP contribution < -0.4 is 5.32 Å². The predicted octanol–water partition coefficient (Wildman–Crippen LogP) is 2.86. The lowest BCUT2D eigenvalue weighted by Gasteiger charge is -2.29. The first-order chi connectivity index (χ1) is 8.91. The predicted molar refractivity (Wildman–Crippen MR) is 80.9 cm³/mol. The lowest BCUT2D eigenvalue weighted by Crippen LogP contribution is -2.51. The first-order valence-corrected chi connectivity index (χ1v) is 8.09. The van der Waals surface area contributed by atoms with Crippen LogP contribution in [0.25, 0.3) is 0 Å². The van der Waals surface area contributed by atoms with Crippen molar-refractivity contribution in [2.45, 2.75) is 49.2 Å². The van der Waals surface area contributed by atoms with Crippen LogP contribution in [-0.2, 0) is 9.53 Å². The van der Waals surface area contributed by atoms with E-state index < -0.39 is 5.54 Å². The number of nitrogens with one attached hydrogen (secondary N) is 1. The second-order valence-electron chi connectivity index (χ2n) is 4.74. The average molecular weight is 302 g/mol. The highest BCUT2D eigenvalue weighted by Gasteiger charge is 2.35. The molecule has 108 valence electrons. The maximum absolute atomic E-state index is 11.9. The van der Waals surface area contributed by atoms with Crippen molar-refractivity contribution in [3.8, 4) is 0 Å². The molecule has 0 radical (unpaired) electrons. The maximum atomic E-state index is 11.9. The fourth-order valence-electron chi connectivity index (χ4n) is 2.02. The molecule has 2 atom stereocenters. The number of aryl methyl sites for hydroxylation is 1. The highest BCUT2D eigenvalue weighted by molar-refractivity contribution is 8.01. The molecule has 19 heavy (non-hydrogen) atoms. The Morgan fingerprint density at radius 3 is 2.84 bits per heavy atom. The molecule has 1 aromatic rings. The summed E-state index contributed by atoms with van der Waals surface area (Å²) in [6, 6.07) is 0. The van der Waals surface area contributed by atoms with Crippen molar-refractivity contribution in [2.75, 3.05) is 13.7 Å². The first kappa shape index (κ1) is 16.5. The van der Waals surface area contributed by atoms with E-state index in [1.807, 2.05) is 26.2 Å². The van der Waals surface area contributed by atoms with Crippen molar-refractivity contribution in [3.63, 3.8) is 0 Å². The molecule has 0 fully saturated rings. The maximum Gasteiger partial charge on any atom is 0.325 e. The van der Waals surface area contributed by atoms with E-state index in [0.29, 0.717) is 6.42 Å². The molecule has 0 amide bonds. The van der Waals surface area contributed by atoms with E-state index in [1.54, 1.807) is 23.1 Å². The summed E-state index contributed by atoms with van der Waals surface area (Å²) in [4.78, 5) is 16.3. The van der Waals surface area contributed by atoms with Gasteiger partial charge in [0, 0.05) is 16.3 Å². The van der Waals surface area contributed by atoms with Gasteiger partial charge in [0.15, 0.2) is 0 Å². The number of esters is 1. The van der Waals surface area contributed by atoms with Gasteiger partial charge in [0.2, 0.25) is 0 Å². The highest BCUT2D eigenvalue weighted by atomic mass is 32.2. The summed E-state index contributed by atoms with van der Waals surface area (Å²) in [6.45, 7) is 8.72. The number of hydrogen-bond acceptors (Lipinski definition) is 6. The molecule has 0 spiro atoms. The van der Waals surface area contributed by atoms with E-state index in [9.17, 15) is 4.79 Å². The molecule has 0 aliphatic heterocycles. The Balaban J connectivity index is 2.65. The number of aromatic nitrogens is 1. The lowest BCUT2D eigenvalue weighted by atomic mass is 9.96. The topological polar surface area (TPSA) is 51.2 Å². The van der Waals surface area contributed by atoms with Gasteiger partial charge in [-0.1, -0.05) is 25.6 Å². The standard InChI is InChI=1S/C13H22N2O2S2/c1-6-14-13(4,11(16)17-5)7-10(3)19-12-15-9(2)8-18-12/h8,10,14H,6-7H2,1-5H3. The van der Waals surface area contributed by atoms with Crippen molar-refractivity contribution in [3.05, 3.63) is 11.1 Å². The highest BCUT2D eigenvalue weighted by Crippen LogP contribution is 2.31. The smallest absolute Gasteiger partial charge is 0.325 e. The van der Waals surface area contributed by atoms with E-state index in [4.69, 9.17) is 4.74 Å². The third-order valence-corrected chi connectivity index (χ3v) is 4.99. The molecule has 0 bridgehead atoms. The van der Waals surface area contributed by atoms with Crippen molar-refractivity contribution in [2.24, 2.45) is 0 Å². The van der Waals surface area contributed by atoms with E-state index in [-0.39, 0.29) is 11.2 Å². The number of rotatable bonds is 7. The van der Waals surface area contributed by atoms with E-state index >= 15 is 0 Å². The zero-order chi connectivity index (χ0) is 14.5. The normalized spacial score (nSPS) is 15.8. The van der Waals surface area contributed by atoms with Crippen LogP contribution in [0.15, 0.2) is 9.72 Å². The van der Waals surface area contributed by atoms with Crippen LogP contribution in [0.5, 0.6) is 0 Å². The Labute approximate surface area is 123 Å². The number of ether oxygens (including phenoxy) is 1. The van der Waals surface area contributed by atoms with Gasteiger partial charge < -0.3 is 10.1 Å². The van der Waals surface area contributed by atoms with Gasteiger partial charge in [-0.2, -0.15) is 0 Å². The Morgan fingerprint density at radius 1 is 1.68 bits per heavy atom. The van der Waals surface area contributed by atoms with E-state index in [0.717, 1.165) is 16.6 Å². The molecule has 0 aliphatic carbocycles. The Hall–Kier alpha value is -0.590. The van der Waals surface area contributed by atoms with Gasteiger partial charge in [-0.05, 0) is 26.8 Å². The van der Waals surface area contributed by atoms with Crippen molar-refractivity contribution in [1.82, 2.24) is 10.3 Å². The fourth-order valence-corrected chi connectivity index (χ4v) is 4.36. The molecule has 1 heterocycles. The molecule has 0 aromatic carbocycles. The minimum absolute atomic E-state index is 0.211. The minimum Gasteiger partial charge on any atom is -0.468 e. The summed E-state index contributed by atoms with van der Waals surface area (Å²) < 4.78 is 5.95. The molecule has 1 aromatic heterocycles. The van der Waals surface area contributed by atoms with E-state index in [2.05, 4.69) is 17.2 Å². The lowest BCUT2D eigenvalue weighted by molar-refractivity contribution is -0.148. The zero-order valence-corrected chi connectivity index (χ0v) is 13.8. The molecule has 0 aliphatic rings. The second kappa shape index (κ2) is 7.26. The number of methoxy groups -OCH3 is 1. The van der Waals surface area contributed by atoms with Crippen LogP contribution in [0.2, 0.25) is 0 Å². The van der Waals surface area contributed by atoms with Gasteiger partial charge in [0.25, 0.3) is 0 Å². The van der Waals surface area contributed by atoms with Crippen molar-refractivity contribution >= 4 is 29.1 Å². The third kappa shape index (κ3) is 4.78. The summed E-state index contributed by atoms with van der Waals surface area (Å²) in [5.41, 5.74) is 0.407. The summed E-state index contributed by atoms with van der Waals surface area (Å²) in [6.07, 6.45) is 0.705. The summed E-state index contributed by atoms with van der Waals surface area (Å²) in [5, 5.41) is 5.55. The SMILES string of the molecule is CCNC(C)(CC(C)Sc1nc(C)cs1)C(=O)OC. The van der Waals surface area contributed by atoms with Gasteiger partial charge in [0.05, 0.1) is 7.11 Å². The number of carbonyl (C=O) groups is 1. The van der Waals surface area contributed by atoms with Gasteiger partial charge in [-0.15, -0.1) is 11.3 Å². The Morgan fingerprint density at radius 2 is 2.37 bits per heavy atom. The number of thioether (sulfide) groups is 1. The van der Waals surface area contributed by atoms with Crippen LogP contribution >= 0.6 is 23.1 Å². The van der Waals surface area contributed by atoms with E-state index in [1.165, 1.54) is 7.11 Å². The van der Waals surface area contributed by atoms with Crippen LogP contribution in [0.3, 0.4) is 0 Å². The van der Waals surface area contributed by atoms with Crippen molar-refractivity contribution < 1.29 is 9.53 Å². The van der Waals surface area contributed by atoms with Crippen LogP contribution in [0.4, 0.5) is 0 Å². The molecule has 2 unspecified atom stereocenters. The molecule has 4 nitrogen and oxygen atoms in total. The van der Waals surface area contributed by atoms with Crippen LogP contribution in [-0.4, -0.2) is 35.4 Å². The fraction of sp³-hybridized carbons (Fsp3) is 0.692. The largest absolute Gasteiger partial charge is 0.468 e. The van der Waals surface area contributed by atoms with Crippen molar-refractivity contribution in [1.29, 1.82) is 0 Å². The summed E-state index contributed by atoms with van der Waals surface area (Å²) >= 11 is 3.35. The monoisotopic (exact) mass is 302 g/mol. The quantitative estimate of drug-likeness (QED) is 0.620. The number of carbonyl (C=O) groups excluding carboxylic acids is 1. The number of nitrogens with zero attached hydrogens (tertiary/aromatic N) is 1. The van der Waals surface area contributed by atoms with Gasteiger partial charge in [-0.3, -0.25) is 4.79 Å². The average Bonchev–Trinajstić information content (AvgIpc) is 2.73. The number of hydrogen-bond donors (Lipinski definition) is 1. The first-order valence-electron chi connectivity index (χ1n) is 6.33. The van der Waals surface area contributed by atoms with Gasteiger partial charge in [-0.25, -0.2) is 4.98 Å². The Kier molecular flexibility index (Phi) is 6.29. The zero-order valence-electron chi connectivity index (χ0n) is 12.1. The minimum atomic E-state index is -0.637. The third-order valence-electron chi connectivity index (χ3n) is 2.80. The molecule has 6 heteroatoms. The molecule has 1 rings (SSSR count). The number of likely N-dealkylation sites (N-methyl/N-ethyl adjacent to an activating group) is 1.